The summed E-state index contributed by atoms with van der Waals surface area (Å²) in [6.45, 7) is 5.88. The highest BCUT2D eigenvalue weighted by atomic mass is 32.1. The van der Waals surface area contributed by atoms with Gasteiger partial charge in [0.2, 0.25) is 5.91 Å². The second kappa shape index (κ2) is 7.82. The van der Waals surface area contributed by atoms with Gasteiger partial charge in [-0.1, -0.05) is 19.9 Å². The number of carboxylic acid groups (broad SMARTS) is 1. The van der Waals surface area contributed by atoms with Gasteiger partial charge in [-0.25, -0.2) is 4.79 Å². The van der Waals surface area contributed by atoms with Crippen LogP contribution in [0.3, 0.4) is 0 Å². The van der Waals surface area contributed by atoms with Crippen molar-refractivity contribution in [3.8, 4) is 10.4 Å². The quantitative estimate of drug-likeness (QED) is 0.745. The lowest BCUT2D eigenvalue weighted by Gasteiger charge is -2.29. The molecule has 2 aliphatic rings. The van der Waals surface area contributed by atoms with E-state index < -0.39 is 5.97 Å². The van der Waals surface area contributed by atoms with Crippen molar-refractivity contribution in [1.29, 1.82) is 0 Å². The number of carbonyl (C=O) groups excluding carboxylic acids is 1. The first kappa shape index (κ1) is 21.1. The van der Waals surface area contributed by atoms with Gasteiger partial charge >= 0.3 is 5.97 Å². The first-order valence-corrected chi connectivity index (χ1v) is 11.4. The highest BCUT2D eigenvalue weighted by molar-refractivity contribution is 7.16. The zero-order valence-electron chi connectivity index (χ0n) is 18.2. The fraction of sp³-hybridized carbons (Fsp3) is 0.500. The lowest BCUT2D eigenvalue weighted by molar-refractivity contribution is -0.117. The predicted octanol–water partition coefficient (Wildman–Crippen LogP) is 4.82. The number of aromatic carboxylic acids is 1. The van der Waals surface area contributed by atoms with Gasteiger partial charge in [0.05, 0.1) is 5.56 Å². The number of nitrogens with zero attached hydrogens (tertiary/aromatic N) is 2. The first-order chi connectivity index (χ1) is 14.2. The van der Waals surface area contributed by atoms with E-state index in [-0.39, 0.29) is 11.3 Å². The van der Waals surface area contributed by atoms with E-state index in [4.69, 9.17) is 0 Å². The third-order valence-electron chi connectivity index (χ3n) is 6.20. The molecule has 0 bridgehead atoms. The molecule has 4 rings (SSSR count). The molecule has 1 N–H and O–H groups in total. The lowest BCUT2D eigenvalue weighted by atomic mass is 9.76. The Morgan fingerprint density at radius 2 is 2.03 bits per heavy atom. The standard InChI is InChI=1S/C24H30N2O3S/c1-24(2)10-9-19-18(13-24)21(23(28)29)22(30-19)17-12-16(26-11-5-6-20(26)27)8-7-15(17)14-25(3)4/h7-8,12H,5-6,9-11,13-14H2,1-4H3,(H,28,29). The van der Waals surface area contributed by atoms with Crippen LogP contribution in [0, 0.1) is 5.41 Å². The summed E-state index contributed by atoms with van der Waals surface area (Å²) in [6.07, 6.45) is 4.26. The van der Waals surface area contributed by atoms with Crippen LogP contribution >= 0.6 is 11.3 Å². The maximum Gasteiger partial charge on any atom is 0.337 e. The molecule has 5 nitrogen and oxygen atoms in total. The van der Waals surface area contributed by atoms with E-state index >= 15 is 0 Å². The average Bonchev–Trinajstić information content (AvgIpc) is 3.24. The van der Waals surface area contributed by atoms with Crippen molar-refractivity contribution < 1.29 is 14.7 Å². The summed E-state index contributed by atoms with van der Waals surface area (Å²) < 4.78 is 0. The molecular weight excluding hydrogens is 396 g/mol. The maximum absolute atomic E-state index is 12.4. The maximum atomic E-state index is 12.4. The fourth-order valence-corrected chi connectivity index (χ4v) is 6.04. The molecule has 6 heteroatoms. The number of thiophene rings is 1. The van der Waals surface area contributed by atoms with Crippen LogP contribution in [-0.2, 0) is 24.2 Å². The van der Waals surface area contributed by atoms with E-state index in [0.29, 0.717) is 12.0 Å². The Balaban J connectivity index is 1.89. The van der Waals surface area contributed by atoms with Crippen molar-refractivity contribution in [3.63, 3.8) is 0 Å². The molecule has 2 aromatic rings. The monoisotopic (exact) mass is 426 g/mol. The van der Waals surface area contributed by atoms with Gasteiger partial charge in [0.15, 0.2) is 0 Å². The number of hydrogen-bond donors (Lipinski definition) is 1. The molecule has 1 aliphatic heterocycles. The molecule has 0 spiro atoms. The topological polar surface area (TPSA) is 60.9 Å². The number of aryl methyl sites for hydroxylation is 1. The van der Waals surface area contributed by atoms with Crippen LogP contribution < -0.4 is 4.90 Å². The number of carboxylic acids is 1. The number of hydrogen-bond acceptors (Lipinski definition) is 4. The Morgan fingerprint density at radius 3 is 2.67 bits per heavy atom. The largest absolute Gasteiger partial charge is 0.478 e. The summed E-state index contributed by atoms with van der Waals surface area (Å²) in [5, 5.41) is 10.2. The molecular formula is C24H30N2O3S. The Morgan fingerprint density at radius 1 is 1.27 bits per heavy atom. The van der Waals surface area contributed by atoms with Crippen molar-refractivity contribution in [3.05, 3.63) is 39.8 Å². The molecule has 0 radical (unpaired) electrons. The number of carbonyl (C=O) groups is 2. The van der Waals surface area contributed by atoms with Crippen LogP contribution in [0.5, 0.6) is 0 Å². The van der Waals surface area contributed by atoms with Gasteiger partial charge in [-0.2, -0.15) is 0 Å². The van der Waals surface area contributed by atoms with Crippen LogP contribution in [-0.4, -0.2) is 42.5 Å². The summed E-state index contributed by atoms with van der Waals surface area (Å²) in [5.74, 6) is -0.703. The molecule has 1 saturated heterocycles. The molecule has 0 unspecified atom stereocenters. The van der Waals surface area contributed by atoms with Crippen LogP contribution in [0.4, 0.5) is 5.69 Å². The van der Waals surface area contributed by atoms with Crippen LogP contribution in [0.1, 0.15) is 59.5 Å². The van der Waals surface area contributed by atoms with Crippen LogP contribution in [0.15, 0.2) is 18.2 Å². The van der Waals surface area contributed by atoms with E-state index in [9.17, 15) is 14.7 Å². The zero-order valence-corrected chi connectivity index (χ0v) is 19.1. The summed E-state index contributed by atoms with van der Waals surface area (Å²) in [7, 11) is 4.03. The number of amides is 1. The minimum atomic E-state index is -0.848. The molecule has 1 fully saturated rings. The number of benzene rings is 1. The van der Waals surface area contributed by atoms with E-state index in [1.54, 1.807) is 11.3 Å². The summed E-state index contributed by atoms with van der Waals surface area (Å²) in [4.78, 5) is 30.7. The SMILES string of the molecule is CN(C)Cc1ccc(N2CCCC2=O)cc1-c1sc2c(c1C(=O)O)CC(C)(C)CC2. The summed E-state index contributed by atoms with van der Waals surface area (Å²) in [5.41, 5.74) is 4.51. The van der Waals surface area contributed by atoms with Crippen molar-refractivity contribution in [1.82, 2.24) is 4.90 Å². The van der Waals surface area contributed by atoms with Gasteiger partial charge in [0.1, 0.15) is 0 Å². The van der Waals surface area contributed by atoms with Gasteiger partial charge in [-0.3, -0.25) is 4.79 Å². The van der Waals surface area contributed by atoms with Gasteiger partial charge < -0.3 is 14.9 Å². The second-order valence-electron chi connectivity index (χ2n) is 9.58. The van der Waals surface area contributed by atoms with E-state index in [1.807, 2.05) is 31.1 Å². The van der Waals surface area contributed by atoms with Crippen molar-refractivity contribution in [2.24, 2.45) is 5.41 Å². The van der Waals surface area contributed by atoms with E-state index in [0.717, 1.165) is 66.0 Å². The Hall–Kier alpha value is -2.18. The van der Waals surface area contributed by atoms with Crippen LogP contribution in [0.25, 0.3) is 10.4 Å². The number of rotatable bonds is 5. The smallest absolute Gasteiger partial charge is 0.337 e. The predicted molar refractivity (Wildman–Crippen MR) is 121 cm³/mol. The highest BCUT2D eigenvalue weighted by Crippen LogP contribution is 2.46. The minimum absolute atomic E-state index is 0.117. The Kier molecular flexibility index (Phi) is 5.49. The van der Waals surface area contributed by atoms with Crippen molar-refractivity contribution in [2.45, 2.75) is 52.5 Å². The highest BCUT2D eigenvalue weighted by Gasteiger charge is 2.34. The normalized spacial score (nSPS) is 18.2. The molecule has 1 aromatic carbocycles. The van der Waals surface area contributed by atoms with Gasteiger partial charge in [0, 0.05) is 35.0 Å². The third-order valence-corrected chi connectivity index (χ3v) is 7.52. The molecule has 1 aromatic heterocycles. The number of fused-ring (bicyclic) bond motifs is 1. The van der Waals surface area contributed by atoms with E-state index in [1.165, 1.54) is 4.88 Å². The second-order valence-corrected chi connectivity index (χ2v) is 10.7. The number of anilines is 1. The van der Waals surface area contributed by atoms with Crippen molar-refractivity contribution in [2.75, 3.05) is 25.5 Å². The Bertz CT molecular complexity index is 1010. The Labute approximate surface area is 182 Å². The average molecular weight is 427 g/mol. The molecule has 160 valence electrons. The van der Waals surface area contributed by atoms with Gasteiger partial charge in [0.25, 0.3) is 0 Å². The molecule has 1 aliphatic carbocycles. The minimum Gasteiger partial charge on any atom is -0.478 e. The van der Waals surface area contributed by atoms with Gasteiger partial charge in [-0.15, -0.1) is 11.3 Å². The molecule has 0 atom stereocenters. The van der Waals surface area contributed by atoms with E-state index in [2.05, 4.69) is 24.8 Å². The summed E-state index contributed by atoms with van der Waals surface area (Å²) in [6, 6.07) is 6.10. The molecule has 0 saturated carbocycles. The first-order valence-electron chi connectivity index (χ1n) is 10.6. The third kappa shape index (κ3) is 3.91. The fourth-order valence-electron chi connectivity index (χ4n) is 4.68. The molecule has 1 amide bonds. The molecule has 30 heavy (non-hydrogen) atoms. The molecule has 2 heterocycles. The van der Waals surface area contributed by atoms with Crippen molar-refractivity contribution >= 4 is 28.9 Å². The lowest BCUT2D eigenvalue weighted by Crippen LogP contribution is -2.24. The summed E-state index contributed by atoms with van der Waals surface area (Å²) >= 11 is 1.63. The van der Waals surface area contributed by atoms with Crippen LogP contribution in [0.2, 0.25) is 0 Å². The van der Waals surface area contributed by atoms with Gasteiger partial charge in [-0.05, 0) is 74.0 Å². The zero-order chi connectivity index (χ0) is 21.6.